The monoisotopic (exact) mass is 463 g/mol. The smallest absolute Gasteiger partial charge is 0.253 e. The number of nitrogen functional groups attached to an aromatic ring is 1. The van der Waals surface area contributed by atoms with Crippen molar-refractivity contribution in [1.29, 1.82) is 0 Å². The number of carbonyl (C=O) groups is 2. The lowest BCUT2D eigenvalue weighted by Gasteiger charge is -2.32. The first-order chi connectivity index (χ1) is 16.5. The van der Waals surface area contributed by atoms with Crippen molar-refractivity contribution in [3.63, 3.8) is 0 Å². The number of piperazine rings is 1. The number of hydrogen-bond donors (Lipinski definition) is 3. The molecule has 0 saturated carbocycles. The first kappa shape index (κ1) is 23.7. The van der Waals surface area contributed by atoms with Gasteiger partial charge in [-0.3, -0.25) is 4.79 Å². The lowest BCUT2D eigenvalue weighted by atomic mass is 10.00. The van der Waals surface area contributed by atoms with Gasteiger partial charge in [-0.25, -0.2) is 4.98 Å². The van der Waals surface area contributed by atoms with Crippen molar-refractivity contribution >= 4 is 30.0 Å². The van der Waals surface area contributed by atoms with Crippen LogP contribution in [0.25, 0.3) is 6.08 Å². The van der Waals surface area contributed by atoms with Gasteiger partial charge in [-0.2, -0.15) is 4.98 Å². The second-order valence-corrected chi connectivity index (χ2v) is 8.87. The first-order valence-electron chi connectivity index (χ1n) is 11.9. The second kappa shape index (κ2) is 10.6. The Balaban J connectivity index is 1.52. The van der Waals surface area contributed by atoms with E-state index in [-0.39, 0.29) is 17.9 Å². The predicted octanol–water partition coefficient (Wildman–Crippen LogP) is 2.43. The molecule has 4 N–H and O–H groups in total. The minimum Gasteiger partial charge on any atom is -0.368 e. The Kier molecular flexibility index (Phi) is 7.42. The predicted molar refractivity (Wildman–Crippen MR) is 133 cm³/mol. The fourth-order valence-corrected chi connectivity index (χ4v) is 4.51. The van der Waals surface area contributed by atoms with Gasteiger partial charge in [0.05, 0.1) is 11.3 Å². The van der Waals surface area contributed by atoms with Gasteiger partial charge in [0.25, 0.3) is 5.91 Å². The van der Waals surface area contributed by atoms with E-state index in [1.54, 1.807) is 0 Å². The lowest BCUT2D eigenvalue weighted by Crippen LogP contribution is -2.46. The number of benzene rings is 1. The van der Waals surface area contributed by atoms with Crippen LogP contribution in [0.3, 0.4) is 0 Å². The second-order valence-electron chi connectivity index (χ2n) is 8.87. The molecule has 0 bridgehead atoms. The van der Waals surface area contributed by atoms with Crippen LogP contribution < -0.4 is 16.4 Å². The van der Waals surface area contributed by atoms with Crippen molar-refractivity contribution in [2.24, 2.45) is 0 Å². The van der Waals surface area contributed by atoms with Gasteiger partial charge in [-0.15, -0.1) is 0 Å². The zero-order valence-electron chi connectivity index (χ0n) is 19.8. The maximum atomic E-state index is 12.7. The summed E-state index contributed by atoms with van der Waals surface area (Å²) in [6.07, 6.45) is 6.66. The number of fused-ring (bicyclic) bond motifs is 1. The van der Waals surface area contributed by atoms with Crippen LogP contribution in [0.5, 0.6) is 0 Å². The summed E-state index contributed by atoms with van der Waals surface area (Å²) < 4.78 is 0. The summed E-state index contributed by atoms with van der Waals surface area (Å²) >= 11 is 0. The molecule has 0 aliphatic carbocycles. The highest BCUT2D eigenvalue weighted by Gasteiger charge is 2.29. The highest BCUT2D eigenvalue weighted by Crippen LogP contribution is 2.34. The molecule has 9 heteroatoms. The molecule has 1 aromatic heterocycles. The third kappa shape index (κ3) is 5.20. The summed E-state index contributed by atoms with van der Waals surface area (Å²) in [5, 5.41) is 6.68. The van der Waals surface area contributed by atoms with Crippen molar-refractivity contribution in [3.05, 3.63) is 52.8 Å². The first-order valence-corrected chi connectivity index (χ1v) is 11.9. The third-order valence-electron chi connectivity index (χ3n) is 6.27. The fraction of sp³-hybridized carbons (Fsp3) is 0.440. The number of amides is 1. The van der Waals surface area contributed by atoms with E-state index in [0.29, 0.717) is 23.6 Å². The zero-order valence-corrected chi connectivity index (χ0v) is 19.8. The summed E-state index contributed by atoms with van der Waals surface area (Å²) in [5.74, 6) is 0.835. The largest absolute Gasteiger partial charge is 0.368 e. The van der Waals surface area contributed by atoms with Crippen molar-refractivity contribution in [1.82, 2.24) is 25.1 Å². The van der Waals surface area contributed by atoms with E-state index in [2.05, 4.69) is 34.4 Å². The quantitative estimate of drug-likeness (QED) is 0.511. The zero-order chi connectivity index (χ0) is 24.1. The molecule has 0 radical (unpaired) electrons. The fourth-order valence-electron chi connectivity index (χ4n) is 4.51. The lowest BCUT2D eigenvalue weighted by molar-refractivity contribution is -0.112. The standard InChI is InChI=1S/C25H33N7O2/c1-3-4-17(2)28-23-22-20(29-25(26)30-23)9-12-32(21(22)16-33)15-18-5-7-19(8-6-18)24(34)31-13-10-27-11-14-31/h5-9,12,16-17,21,27H,3-4,10-11,13-15H2,1-2H3,(H3,26,28,29,30)/t17?,21-/m0/s1. The molecule has 2 aliphatic rings. The summed E-state index contributed by atoms with van der Waals surface area (Å²) in [6.45, 7) is 7.81. The highest BCUT2D eigenvalue weighted by molar-refractivity contribution is 5.94. The Morgan fingerprint density at radius 1 is 1.26 bits per heavy atom. The van der Waals surface area contributed by atoms with Crippen LogP contribution in [0.15, 0.2) is 30.5 Å². The third-order valence-corrected chi connectivity index (χ3v) is 6.27. The van der Waals surface area contributed by atoms with Crippen LogP contribution in [0.4, 0.5) is 11.8 Å². The number of nitrogens with two attached hydrogens (primary N) is 1. The maximum Gasteiger partial charge on any atom is 0.253 e. The molecule has 3 heterocycles. The van der Waals surface area contributed by atoms with E-state index in [1.165, 1.54) is 0 Å². The number of anilines is 2. The number of aldehydes is 1. The molecule has 0 spiro atoms. The van der Waals surface area contributed by atoms with E-state index in [1.807, 2.05) is 46.3 Å². The van der Waals surface area contributed by atoms with Crippen LogP contribution in [-0.4, -0.2) is 64.2 Å². The van der Waals surface area contributed by atoms with E-state index >= 15 is 0 Å². The molecule has 34 heavy (non-hydrogen) atoms. The number of nitrogens with one attached hydrogen (secondary N) is 2. The molecule has 1 aromatic carbocycles. The van der Waals surface area contributed by atoms with Gasteiger partial charge in [-0.1, -0.05) is 25.5 Å². The molecule has 180 valence electrons. The van der Waals surface area contributed by atoms with Crippen LogP contribution in [0, 0.1) is 0 Å². The van der Waals surface area contributed by atoms with Crippen LogP contribution in [0.2, 0.25) is 0 Å². The van der Waals surface area contributed by atoms with Gasteiger partial charge < -0.3 is 31.0 Å². The van der Waals surface area contributed by atoms with Gasteiger partial charge in [0.1, 0.15) is 18.1 Å². The molecule has 1 fully saturated rings. The van der Waals surface area contributed by atoms with Gasteiger partial charge in [-0.05, 0) is 37.1 Å². The van der Waals surface area contributed by atoms with Gasteiger partial charge in [0, 0.05) is 50.5 Å². The summed E-state index contributed by atoms with van der Waals surface area (Å²) in [4.78, 5) is 37.6. The van der Waals surface area contributed by atoms with E-state index in [9.17, 15) is 9.59 Å². The molecule has 9 nitrogen and oxygen atoms in total. The van der Waals surface area contributed by atoms with E-state index in [0.717, 1.165) is 56.4 Å². The topological polar surface area (TPSA) is 116 Å². The highest BCUT2D eigenvalue weighted by atomic mass is 16.2. The Morgan fingerprint density at radius 2 is 2.00 bits per heavy atom. The summed E-state index contributed by atoms with van der Waals surface area (Å²) in [7, 11) is 0. The number of hydrogen-bond acceptors (Lipinski definition) is 8. The van der Waals surface area contributed by atoms with E-state index in [4.69, 9.17) is 5.73 Å². The normalized spacial score (nSPS) is 18.4. The molecular formula is C25H33N7O2. The van der Waals surface area contributed by atoms with Gasteiger partial charge in [0.2, 0.25) is 5.95 Å². The van der Waals surface area contributed by atoms with Crippen molar-refractivity contribution in [2.75, 3.05) is 37.2 Å². The number of rotatable bonds is 8. The van der Waals surface area contributed by atoms with Crippen LogP contribution >= 0.6 is 0 Å². The Bertz CT molecular complexity index is 1050. The van der Waals surface area contributed by atoms with Crippen molar-refractivity contribution < 1.29 is 9.59 Å². The minimum absolute atomic E-state index is 0.0530. The van der Waals surface area contributed by atoms with Crippen molar-refractivity contribution in [3.8, 4) is 0 Å². The minimum atomic E-state index is -0.543. The SMILES string of the molecule is CCCC(C)Nc1nc(N)nc2c1[C@H](C=O)N(Cc1ccc(C(=O)N3CCNCC3)cc1)C=C2. The molecule has 2 aliphatic heterocycles. The average molecular weight is 464 g/mol. The average Bonchev–Trinajstić information content (AvgIpc) is 2.84. The summed E-state index contributed by atoms with van der Waals surface area (Å²) in [6, 6.07) is 7.27. The van der Waals surface area contributed by atoms with E-state index < -0.39 is 6.04 Å². The number of aromatic nitrogens is 2. The number of carbonyl (C=O) groups excluding carboxylic acids is 2. The van der Waals surface area contributed by atoms with Crippen LogP contribution in [0.1, 0.15) is 59.9 Å². The maximum absolute atomic E-state index is 12.7. The summed E-state index contributed by atoms with van der Waals surface area (Å²) in [5.41, 5.74) is 9.01. The number of nitrogens with zero attached hydrogens (tertiary/aromatic N) is 4. The molecule has 1 saturated heterocycles. The van der Waals surface area contributed by atoms with Gasteiger partial charge in [0.15, 0.2) is 0 Å². The Labute approximate surface area is 200 Å². The van der Waals surface area contributed by atoms with Gasteiger partial charge >= 0.3 is 0 Å². The molecule has 2 atom stereocenters. The Hall–Kier alpha value is -3.46. The Morgan fingerprint density at radius 3 is 2.68 bits per heavy atom. The molecule has 1 unspecified atom stereocenters. The molecular weight excluding hydrogens is 430 g/mol. The molecule has 2 aromatic rings. The molecule has 4 rings (SSSR count). The molecule has 1 amide bonds. The van der Waals surface area contributed by atoms with Crippen LogP contribution in [-0.2, 0) is 11.3 Å². The van der Waals surface area contributed by atoms with Crippen molar-refractivity contribution in [2.45, 2.75) is 45.3 Å².